The minimum Gasteiger partial charge on any atom is -0.489 e. The van der Waals surface area contributed by atoms with Crippen molar-refractivity contribution in [2.75, 3.05) is 13.2 Å². The van der Waals surface area contributed by atoms with Crippen LogP contribution in [0.3, 0.4) is 0 Å². The SMILES string of the molecule is CC(N)c1ccc2ccccc2c1OCC1CNC(=O)O1. The van der Waals surface area contributed by atoms with Gasteiger partial charge in [-0.3, -0.25) is 0 Å². The van der Waals surface area contributed by atoms with E-state index in [2.05, 4.69) is 5.32 Å². The quantitative estimate of drug-likeness (QED) is 0.904. The molecule has 1 amide bonds. The standard InChI is InChI=1S/C16H18N2O3/c1-10(17)13-7-6-11-4-2-3-5-14(11)15(13)20-9-12-8-18-16(19)21-12/h2-7,10,12H,8-9,17H2,1H3,(H,18,19). The molecule has 1 fully saturated rings. The highest BCUT2D eigenvalue weighted by molar-refractivity contribution is 5.89. The fourth-order valence-electron chi connectivity index (χ4n) is 2.48. The molecule has 0 aromatic heterocycles. The first-order chi connectivity index (χ1) is 10.1. The Morgan fingerprint density at radius 1 is 1.38 bits per heavy atom. The number of carbonyl (C=O) groups excluding carboxylic acids is 1. The number of ether oxygens (including phenoxy) is 2. The summed E-state index contributed by atoms with van der Waals surface area (Å²) in [7, 11) is 0. The molecule has 3 rings (SSSR count). The van der Waals surface area contributed by atoms with Gasteiger partial charge < -0.3 is 20.5 Å². The van der Waals surface area contributed by atoms with Crippen molar-refractivity contribution in [2.45, 2.75) is 19.1 Å². The van der Waals surface area contributed by atoms with Crippen molar-refractivity contribution in [3.8, 4) is 5.75 Å². The lowest BCUT2D eigenvalue weighted by Gasteiger charge is -2.18. The third kappa shape index (κ3) is 2.78. The van der Waals surface area contributed by atoms with Crippen LogP contribution in [0, 0.1) is 0 Å². The van der Waals surface area contributed by atoms with E-state index in [0.29, 0.717) is 13.2 Å². The zero-order chi connectivity index (χ0) is 14.8. The molecular weight excluding hydrogens is 268 g/mol. The molecule has 0 bridgehead atoms. The fourth-order valence-corrected chi connectivity index (χ4v) is 2.48. The fraction of sp³-hybridized carbons (Fsp3) is 0.312. The van der Waals surface area contributed by atoms with Gasteiger partial charge in [0.1, 0.15) is 12.4 Å². The van der Waals surface area contributed by atoms with E-state index in [4.69, 9.17) is 15.2 Å². The van der Waals surface area contributed by atoms with Gasteiger partial charge in [-0.2, -0.15) is 0 Å². The van der Waals surface area contributed by atoms with E-state index < -0.39 is 6.09 Å². The summed E-state index contributed by atoms with van der Waals surface area (Å²) in [6.07, 6.45) is -0.661. The maximum atomic E-state index is 11.0. The number of amides is 1. The Bertz CT molecular complexity index is 670. The summed E-state index contributed by atoms with van der Waals surface area (Å²) in [6.45, 7) is 2.71. The van der Waals surface area contributed by atoms with Crippen LogP contribution >= 0.6 is 0 Å². The summed E-state index contributed by atoms with van der Waals surface area (Å²) in [5.74, 6) is 0.769. The molecule has 1 aliphatic rings. The molecule has 2 aromatic rings. The van der Waals surface area contributed by atoms with Crippen LogP contribution < -0.4 is 15.8 Å². The predicted molar refractivity (Wildman–Crippen MR) is 80.3 cm³/mol. The number of alkyl carbamates (subject to hydrolysis) is 1. The van der Waals surface area contributed by atoms with Crippen molar-refractivity contribution in [3.05, 3.63) is 42.0 Å². The van der Waals surface area contributed by atoms with Gasteiger partial charge in [-0.05, 0) is 12.3 Å². The zero-order valence-corrected chi connectivity index (χ0v) is 11.8. The Morgan fingerprint density at radius 3 is 2.90 bits per heavy atom. The highest BCUT2D eigenvalue weighted by Gasteiger charge is 2.24. The highest BCUT2D eigenvalue weighted by Crippen LogP contribution is 2.33. The lowest BCUT2D eigenvalue weighted by Crippen LogP contribution is -2.22. The number of hydrogen-bond acceptors (Lipinski definition) is 4. The Labute approximate surface area is 123 Å². The molecule has 0 radical (unpaired) electrons. The summed E-state index contributed by atoms with van der Waals surface area (Å²) in [4.78, 5) is 11.0. The molecule has 21 heavy (non-hydrogen) atoms. The van der Waals surface area contributed by atoms with Crippen LogP contribution in [0.25, 0.3) is 10.8 Å². The van der Waals surface area contributed by atoms with Crippen LogP contribution in [0.15, 0.2) is 36.4 Å². The molecule has 0 spiro atoms. The number of nitrogens with two attached hydrogens (primary N) is 1. The van der Waals surface area contributed by atoms with E-state index >= 15 is 0 Å². The molecule has 1 saturated heterocycles. The average Bonchev–Trinajstić information content (AvgIpc) is 2.90. The Kier molecular flexibility index (Phi) is 3.66. The van der Waals surface area contributed by atoms with E-state index in [1.54, 1.807) is 0 Å². The summed E-state index contributed by atoms with van der Waals surface area (Å²) in [6, 6.07) is 11.9. The largest absolute Gasteiger partial charge is 0.489 e. The molecule has 1 heterocycles. The lowest BCUT2D eigenvalue weighted by atomic mass is 10.0. The van der Waals surface area contributed by atoms with E-state index in [0.717, 1.165) is 22.1 Å². The minimum atomic E-state index is -0.395. The first-order valence-electron chi connectivity index (χ1n) is 6.99. The molecule has 110 valence electrons. The molecule has 0 aliphatic carbocycles. The maximum absolute atomic E-state index is 11.0. The van der Waals surface area contributed by atoms with Crippen LogP contribution in [-0.4, -0.2) is 25.3 Å². The second kappa shape index (κ2) is 5.61. The van der Waals surface area contributed by atoms with Crippen molar-refractivity contribution >= 4 is 16.9 Å². The monoisotopic (exact) mass is 286 g/mol. The highest BCUT2D eigenvalue weighted by atomic mass is 16.6. The molecule has 2 unspecified atom stereocenters. The number of carbonyl (C=O) groups is 1. The number of hydrogen-bond donors (Lipinski definition) is 2. The molecule has 5 nitrogen and oxygen atoms in total. The van der Waals surface area contributed by atoms with Gasteiger partial charge in [-0.25, -0.2) is 4.79 Å². The molecule has 1 aliphatic heterocycles. The van der Waals surface area contributed by atoms with Crippen LogP contribution in [0.5, 0.6) is 5.75 Å². The number of nitrogens with one attached hydrogen (secondary N) is 1. The number of benzene rings is 2. The van der Waals surface area contributed by atoms with Gasteiger partial charge in [0.2, 0.25) is 0 Å². The van der Waals surface area contributed by atoms with Crippen molar-refractivity contribution in [3.63, 3.8) is 0 Å². The first-order valence-corrected chi connectivity index (χ1v) is 6.99. The van der Waals surface area contributed by atoms with Crippen molar-refractivity contribution in [1.29, 1.82) is 0 Å². The summed E-state index contributed by atoms with van der Waals surface area (Å²) in [5, 5.41) is 4.73. The maximum Gasteiger partial charge on any atom is 0.407 e. The van der Waals surface area contributed by atoms with E-state index in [-0.39, 0.29) is 12.1 Å². The smallest absolute Gasteiger partial charge is 0.407 e. The van der Waals surface area contributed by atoms with Gasteiger partial charge in [-0.15, -0.1) is 0 Å². The second-order valence-electron chi connectivity index (χ2n) is 5.21. The average molecular weight is 286 g/mol. The second-order valence-corrected chi connectivity index (χ2v) is 5.21. The Morgan fingerprint density at radius 2 is 2.19 bits per heavy atom. The molecule has 2 atom stereocenters. The van der Waals surface area contributed by atoms with E-state index in [1.165, 1.54) is 0 Å². The van der Waals surface area contributed by atoms with Crippen molar-refractivity contribution in [1.82, 2.24) is 5.32 Å². The normalized spacial score (nSPS) is 19.1. The van der Waals surface area contributed by atoms with Crippen molar-refractivity contribution < 1.29 is 14.3 Å². The third-order valence-electron chi connectivity index (χ3n) is 3.56. The molecular formula is C16H18N2O3. The van der Waals surface area contributed by atoms with Gasteiger partial charge in [-0.1, -0.05) is 36.4 Å². The van der Waals surface area contributed by atoms with Gasteiger partial charge in [0.25, 0.3) is 0 Å². The van der Waals surface area contributed by atoms with Crippen LogP contribution in [-0.2, 0) is 4.74 Å². The first kappa shape index (κ1) is 13.7. The topological polar surface area (TPSA) is 73.6 Å². The number of fused-ring (bicyclic) bond motifs is 1. The van der Waals surface area contributed by atoms with E-state index in [9.17, 15) is 4.79 Å². The third-order valence-corrected chi connectivity index (χ3v) is 3.56. The molecule has 3 N–H and O–H groups in total. The van der Waals surface area contributed by atoms with Crippen LogP contribution in [0.2, 0.25) is 0 Å². The number of rotatable bonds is 4. The summed E-state index contributed by atoms with van der Waals surface area (Å²) < 4.78 is 11.0. The summed E-state index contributed by atoms with van der Waals surface area (Å²) >= 11 is 0. The summed E-state index contributed by atoms with van der Waals surface area (Å²) in [5.41, 5.74) is 6.98. The predicted octanol–water partition coefficient (Wildman–Crippen LogP) is 2.35. The van der Waals surface area contributed by atoms with Crippen molar-refractivity contribution in [2.24, 2.45) is 5.73 Å². The Balaban J connectivity index is 1.90. The van der Waals surface area contributed by atoms with Crippen LogP contribution in [0.1, 0.15) is 18.5 Å². The van der Waals surface area contributed by atoms with E-state index in [1.807, 2.05) is 43.3 Å². The molecule has 2 aromatic carbocycles. The minimum absolute atomic E-state index is 0.131. The van der Waals surface area contributed by atoms with Gasteiger partial charge in [0.05, 0.1) is 6.54 Å². The zero-order valence-electron chi connectivity index (χ0n) is 11.8. The van der Waals surface area contributed by atoms with Gasteiger partial charge in [0, 0.05) is 17.0 Å². The molecule has 0 saturated carbocycles. The Hall–Kier alpha value is -2.27. The number of cyclic esters (lactones) is 1. The van der Waals surface area contributed by atoms with Gasteiger partial charge >= 0.3 is 6.09 Å². The molecule has 5 heteroatoms. The van der Waals surface area contributed by atoms with Gasteiger partial charge in [0.15, 0.2) is 6.10 Å². The van der Waals surface area contributed by atoms with Crippen LogP contribution in [0.4, 0.5) is 4.79 Å². The lowest BCUT2D eigenvalue weighted by molar-refractivity contribution is 0.105.